The first kappa shape index (κ1) is 18.3. The first-order valence-electron chi connectivity index (χ1n) is 7.93. The van der Waals surface area contributed by atoms with Gasteiger partial charge in [0.05, 0.1) is 22.8 Å². The van der Waals surface area contributed by atoms with Crippen LogP contribution in [-0.4, -0.2) is 29.1 Å². The topological polar surface area (TPSA) is 104 Å². The third-order valence-electron chi connectivity index (χ3n) is 4.00. The molecule has 0 saturated carbocycles. The lowest BCUT2D eigenvalue weighted by molar-refractivity contribution is -0.122. The highest BCUT2D eigenvalue weighted by Crippen LogP contribution is 2.24. The van der Waals surface area contributed by atoms with Gasteiger partial charge >= 0.3 is 5.97 Å². The van der Waals surface area contributed by atoms with E-state index in [1.165, 1.54) is 6.92 Å². The summed E-state index contributed by atoms with van der Waals surface area (Å²) in [5.41, 5.74) is 2.44. The summed E-state index contributed by atoms with van der Waals surface area (Å²) in [5, 5.41) is 17.2. The van der Waals surface area contributed by atoms with E-state index < -0.39 is 24.3 Å². The summed E-state index contributed by atoms with van der Waals surface area (Å²) in [6, 6.07) is 9.25. The minimum absolute atomic E-state index is 0.0682. The van der Waals surface area contributed by atoms with Gasteiger partial charge in [-0.3, -0.25) is 9.78 Å². The van der Waals surface area contributed by atoms with Crippen molar-refractivity contribution in [3.8, 4) is 6.07 Å². The summed E-state index contributed by atoms with van der Waals surface area (Å²) in [6.45, 7) is 4.55. The van der Waals surface area contributed by atoms with Crippen molar-refractivity contribution < 1.29 is 14.3 Å². The van der Waals surface area contributed by atoms with E-state index in [0.717, 1.165) is 16.5 Å². The Morgan fingerprint density at radius 1 is 1.36 bits per heavy atom. The summed E-state index contributed by atoms with van der Waals surface area (Å²) in [7, 11) is 0. The number of hydrogen-bond donors (Lipinski definition) is 1. The van der Waals surface area contributed by atoms with Crippen LogP contribution in [0.1, 0.15) is 35.5 Å². The standard InChI is InChI=1S/C19H19N3O3/c1-4-15-18(11(2)13-7-5-6-8-16(13)22-15)19(24)25-10-17(23)14(9-20)12(3)21/h5-8,14,21H,4,10H2,1-3H3/t14-/m1/s1. The number of hydrogen-bond acceptors (Lipinski definition) is 6. The first-order chi connectivity index (χ1) is 11.9. The van der Waals surface area contributed by atoms with Crippen molar-refractivity contribution in [1.82, 2.24) is 4.98 Å². The number of nitriles is 1. The van der Waals surface area contributed by atoms with Crippen molar-refractivity contribution in [3.63, 3.8) is 0 Å². The fourth-order valence-corrected chi connectivity index (χ4v) is 2.67. The number of para-hydroxylation sites is 1. The Morgan fingerprint density at radius 2 is 2.04 bits per heavy atom. The smallest absolute Gasteiger partial charge is 0.340 e. The molecule has 1 N–H and O–H groups in total. The van der Waals surface area contributed by atoms with Gasteiger partial charge in [-0.2, -0.15) is 5.26 Å². The van der Waals surface area contributed by atoms with Crippen LogP contribution in [0.25, 0.3) is 10.9 Å². The zero-order valence-electron chi connectivity index (χ0n) is 14.4. The molecule has 0 aliphatic heterocycles. The van der Waals surface area contributed by atoms with Crippen LogP contribution < -0.4 is 0 Å². The fourth-order valence-electron chi connectivity index (χ4n) is 2.67. The van der Waals surface area contributed by atoms with E-state index in [1.54, 1.807) is 6.07 Å². The number of pyridine rings is 1. The molecule has 0 aliphatic carbocycles. The van der Waals surface area contributed by atoms with Gasteiger partial charge in [0.2, 0.25) is 0 Å². The number of nitrogens with zero attached hydrogens (tertiary/aromatic N) is 2. The predicted octanol–water partition coefficient (Wildman–Crippen LogP) is 3.01. The molecule has 0 spiro atoms. The molecule has 1 atom stereocenters. The second kappa shape index (κ2) is 7.67. The fraction of sp³-hybridized carbons (Fsp3) is 0.316. The first-order valence-corrected chi connectivity index (χ1v) is 7.93. The molecule has 1 heterocycles. The van der Waals surface area contributed by atoms with Gasteiger partial charge in [-0.05, 0) is 31.9 Å². The minimum atomic E-state index is -1.19. The zero-order chi connectivity index (χ0) is 18.6. The van der Waals surface area contributed by atoms with Crippen molar-refractivity contribution in [3.05, 3.63) is 41.1 Å². The number of fused-ring (bicyclic) bond motifs is 1. The lowest BCUT2D eigenvalue weighted by Gasteiger charge is -2.13. The van der Waals surface area contributed by atoms with Crippen molar-refractivity contribution >= 4 is 28.4 Å². The van der Waals surface area contributed by atoms with Gasteiger partial charge in [0.15, 0.2) is 12.4 Å². The average Bonchev–Trinajstić information content (AvgIpc) is 2.59. The van der Waals surface area contributed by atoms with Gasteiger partial charge < -0.3 is 10.1 Å². The molecule has 2 rings (SSSR count). The molecule has 0 radical (unpaired) electrons. The summed E-state index contributed by atoms with van der Waals surface area (Å²) in [5.74, 6) is -2.43. The van der Waals surface area contributed by atoms with E-state index >= 15 is 0 Å². The van der Waals surface area contributed by atoms with Gasteiger partial charge in [-0.25, -0.2) is 4.79 Å². The largest absolute Gasteiger partial charge is 0.454 e. The van der Waals surface area contributed by atoms with Gasteiger partial charge in [0.1, 0.15) is 5.92 Å². The molecule has 0 amide bonds. The van der Waals surface area contributed by atoms with Gasteiger partial charge in [-0.1, -0.05) is 25.1 Å². The number of benzene rings is 1. The van der Waals surface area contributed by atoms with E-state index in [1.807, 2.05) is 38.1 Å². The Bertz CT molecular complexity index is 897. The number of Topliss-reactive ketones (excluding diaryl/α,β-unsaturated/α-hetero) is 1. The SMILES string of the molecule is CCc1nc2ccccc2c(C)c1C(=O)OCC(=O)[C@H](C#N)C(C)=N. The molecule has 6 heteroatoms. The molecule has 0 fully saturated rings. The van der Waals surface area contributed by atoms with E-state index in [-0.39, 0.29) is 5.71 Å². The molecular formula is C19H19N3O3. The number of rotatable bonds is 6. The molecular weight excluding hydrogens is 318 g/mol. The Labute approximate surface area is 145 Å². The van der Waals surface area contributed by atoms with Crippen LogP contribution in [0, 0.1) is 29.6 Å². The van der Waals surface area contributed by atoms with Crippen LogP contribution in [0.3, 0.4) is 0 Å². The molecule has 6 nitrogen and oxygen atoms in total. The van der Waals surface area contributed by atoms with Crippen LogP contribution in [0.4, 0.5) is 0 Å². The molecule has 1 aromatic carbocycles. The van der Waals surface area contributed by atoms with Crippen LogP contribution in [-0.2, 0) is 16.0 Å². The van der Waals surface area contributed by atoms with Crippen molar-refractivity contribution in [2.75, 3.05) is 6.61 Å². The maximum atomic E-state index is 12.5. The Morgan fingerprint density at radius 3 is 2.64 bits per heavy atom. The molecule has 2 aromatic rings. The second-order valence-corrected chi connectivity index (χ2v) is 5.72. The van der Waals surface area contributed by atoms with Crippen molar-refractivity contribution in [1.29, 1.82) is 10.7 Å². The van der Waals surface area contributed by atoms with Crippen LogP contribution in [0.2, 0.25) is 0 Å². The van der Waals surface area contributed by atoms with E-state index in [9.17, 15) is 9.59 Å². The van der Waals surface area contributed by atoms with Gasteiger partial charge in [0, 0.05) is 11.1 Å². The molecule has 0 saturated heterocycles. The van der Waals surface area contributed by atoms with Crippen LogP contribution >= 0.6 is 0 Å². The number of ketones is 1. The maximum Gasteiger partial charge on any atom is 0.340 e. The molecule has 128 valence electrons. The van der Waals surface area contributed by atoms with Gasteiger partial charge in [0.25, 0.3) is 0 Å². The maximum absolute atomic E-state index is 12.5. The average molecular weight is 337 g/mol. The summed E-state index contributed by atoms with van der Waals surface area (Å²) in [4.78, 5) is 29.0. The predicted molar refractivity (Wildman–Crippen MR) is 93.7 cm³/mol. The number of nitrogens with one attached hydrogen (secondary N) is 1. The van der Waals surface area contributed by atoms with E-state index in [2.05, 4.69) is 4.98 Å². The number of carbonyl (C=O) groups excluding carboxylic acids is 2. The van der Waals surface area contributed by atoms with Crippen LogP contribution in [0.5, 0.6) is 0 Å². The van der Waals surface area contributed by atoms with Crippen molar-refractivity contribution in [2.45, 2.75) is 27.2 Å². The Balaban J connectivity index is 2.30. The van der Waals surface area contributed by atoms with Crippen molar-refractivity contribution in [2.24, 2.45) is 5.92 Å². The number of aromatic nitrogens is 1. The molecule has 0 aliphatic rings. The number of carbonyl (C=O) groups is 2. The molecule has 25 heavy (non-hydrogen) atoms. The minimum Gasteiger partial charge on any atom is -0.454 e. The van der Waals surface area contributed by atoms with E-state index in [4.69, 9.17) is 15.4 Å². The Hall–Kier alpha value is -3.07. The second-order valence-electron chi connectivity index (χ2n) is 5.72. The lowest BCUT2D eigenvalue weighted by Crippen LogP contribution is -2.26. The number of esters is 1. The molecule has 0 unspecified atom stereocenters. The Kier molecular flexibility index (Phi) is 5.60. The third kappa shape index (κ3) is 3.72. The van der Waals surface area contributed by atoms with Crippen LogP contribution in [0.15, 0.2) is 24.3 Å². The summed E-state index contributed by atoms with van der Waals surface area (Å²) in [6.07, 6.45) is 0.546. The highest BCUT2D eigenvalue weighted by atomic mass is 16.5. The summed E-state index contributed by atoms with van der Waals surface area (Å²) >= 11 is 0. The number of ether oxygens (including phenoxy) is 1. The quantitative estimate of drug-likeness (QED) is 0.644. The molecule has 1 aromatic heterocycles. The normalized spacial score (nSPS) is 11.6. The lowest BCUT2D eigenvalue weighted by atomic mass is 10.00. The van der Waals surface area contributed by atoms with E-state index in [0.29, 0.717) is 17.7 Å². The highest BCUT2D eigenvalue weighted by molar-refractivity contribution is 6.06. The monoisotopic (exact) mass is 337 g/mol. The zero-order valence-corrected chi connectivity index (χ0v) is 14.4. The highest BCUT2D eigenvalue weighted by Gasteiger charge is 2.24. The van der Waals surface area contributed by atoms with Gasteiger partial charge in [-0.15, -0.1) is 0 Å². The third-order valence-corrected chi connectivity index (χ3v) is 4.00. The summed E-state index contributed by atoms with van der Waals surface area (Å²) < 4.78 is 5.12. The number of aryl methyl sites for hydroxylation is 2. The molecule has 0 bridgehead atoms.